The van der Waals surface area contributed by atoms with Gasteiger partial charge in [-0.25, -0.2) is 4.98 Å². The van der Waals surface area contributed by atoms with Gasteiger partial charge in [0.15, 0.2) is 0 Å². The molecule has 5 heteroatoms. The van der Waals surface area contributed by atoms with E-state index in [1.54, 1.807) is 5.51 Å². The second kappa shape index (κ2) is 6.42. The van der Waals surface area contributed by atoms with Crippen LogP contribution in [-0.2, 0) is 4.79 Å². The number of hydrogen-bond donors (Lipinski definition) is 2. The summed E-state index contributed by atoms with van der Waals surface area (Å²) in [5.74, 6) is 0.638. The molecule has 1 aromatic carbocycles. The Morgan fingerprint density at radius 1 is 1.22 bits per heavy atom. The fraction of sp³-hybridized carbons (Fsp3) is 0.444. The van der Waals surface area contributed by atoms with Crippen LogP contribution in [0.25, 0.3) is 11.3 Å². The standard InChI is InChI=1S/C18H21N3OS/c22-16(10-12-8-14-6-7-15(9-12)20-14)21-18-17(19-11-23-18)13-4-2-1-3-5-13/h1-5,11-12,14-15,20H,6-10H2,(H,21,22). The molecule has 2 aliphatic rings. The predicted molar refractivity (Wildman–Crippen MR) is 93.5 cm³/mol. The molecule has 120 valence electrons. The summed E-state index contributed by atoms with van der Waals surface area (Å²) >= 11 is 1.49. The van der Waals surface area contributed by atoms with Gasteiger partial charge in [0, 0.05) is 24.1 Å². The maximum atomic E-state index is 12.4. The number of amides is 1. The van der Waals surface area contributed by atoms with E-state index in [-0.39, 0.29) is 5.91 Å². The van der Waals surface area contributed by atoms with Gasteiger partial charge in [0.05, 0.1) is 5.51 Å². The van der Waals surface area contributed by atoms with Gasteiger partial charge >= 0.3 is 0 Å². The summed E-state index contributed by atoms with van der Waals surface area (Å²) in [6.45, 7) is 0. The van der Waals surface area contributed by atoms with Crippen LogP contribution in [-0.4, -0.2) is 23.0 Å². The molecule has 3 heterocycles. The first-order valence-corrected chi connectivity index (χ1v) is 9.20. The number of carbonyl (C=O) groups excluding carboxylic acids is 1. The number of rotatable bonds is 4. The molecule has 1 amide bonds. The van der Waals surface area contributed by atoms with Crippen molar-refractivity contribution < 1.29 is 4.79 Å². The molecule has 0 aliphatic carbocycles. The first kappa shape index (κ1) is 14.8. The molecule has 2 N–H and O–H groups in total. The zero-order valence-electron chi connectivity index (χ0n) is 13.0. The van der Waals surface area contributed by atoms with Crippen molar-refractivity contribution in [2.75, 3.05) is 5.32 Å². The molecular formula is C18H21N3OS. The minimum Gasteiger partial charge on any atom is -0.316 e. The van der Waals surface area contributed by atoms with Crippen molar-refractivity contribution in [2.24, 2.45) is 5.92 Å². The summed E-state index contributed by atoms with van der Waals surface area (Å²) in [6, 6.07) is 11.3. The molecule has 4 rings (SSSR count). The molecule has 0 radical (unpaired) electrons. The number of carbonyl (C=O) groups is 1. The van der Waals surface area contributed by atoms with Gasteiger partial charge in [-0.3, -0.25) is 4.79 Å². The number of piperidine rings is 1. The van der Waals surface area contributed by atoms with Gasteiger partial charge < -0.3 is 10.6 Å². The average Bonchev–Trinajstić information content (AvgIpc) is 3.14. The van der Waals surface area contributed by atoms with Crippen LogP contribution in [0.2, 0.25) is 0 Å². The number of benzene rings is 1. The lowest BCUT2D eigenvalue weighted by molar-refractivity contribution is -0.117. The van der Waals surface area contributed by atoms with E-state index < -0.39 is 0 Å². The highest BCUT2D eigenvalue weighted by Crippen LogP contribution is 2.34. The topological polar surface area (TPSA) is 54.0 Å². The smallest absolute Gasteiger partial charge is 0.225 e. The van der Waals surface area contributed by atoms with E-state index in [1.165, 1.54) is 24.2 Å². The van der Waals surface area contributed by atoms with Gasteiger partial charge in [-0.05, 0) is 31.6 Å². The van der Waals surface area contributed by atoms with Crippen molar-refractivity contribution >= 4 is 22.2 Å². The zero-order valence-corrected chi connectivity index (χ0v) is 13.8. The number of hydrogen-bond acceptors (Lipinski definition) is 4. The third-order valence-electron chi connectivity index (χ3n) is 4.91. The van der Waals surface area contributed by atoms with Crippen molar-refractivity contribution in [3.63, 3.8) is 0 Å². The molecule has 0 spiro atoms. The Labute approximate surface area is 140 Å². The van der Waals surface area contributed by atoms with E-state index >= 15 is 0 Å². The summed E-state index contributed by atoms with van der Waals surface area (Å²) in [7, 11) is 0. The Morgan fingerprint density at radius 2 is 1.96 bits per heavy atom. The number of aromatic nitrogens is 1. The van der Waals surface area contributed by atoms with E-state index in [4.69, 9.17) is 0 Å². The van der Waals surface area contributed by atoms with E-state index in [9.17, 15) is 4.79 Å². The molecule has 0 saturated carbocycles. The lowest BCUT2D eigenvalue weighted by Gasteiger charge is -2.28. The molecule has 4 nitrogen and oxygen atoms in total. The second-order valence-corrected chi connectivity index (χ2v) is 7.48. The summed E-state index contributed by atoms with van der Waals surface area (Å²) in [6.07, 6.45) is 5.45. The molecule has 2 saturated heterocycles. The van der Waals surface area contributed by atoms with Gasteiger partial charge in [-0.15, -0.1) is 11.3 Å². The van der Waals surface area contributed by atoms with Crippen LogP contribution in [0.15, 0.2) is 35.8 Å². The fourth-order valence-corrected chi connectivity index (χ4v) is 4.64. The fourth-order valence-electron chi connectivity index (χ4n) is 3.92. The number of thiazole rings is 1. The molecule has 23 heavy (non-hydrogen) atoms. The first-order chi connectivity index (χ1) is 11.3. The van der Waals surface area contributed by atoms with Crippen molar-refractivity contribution in [3.05, 3.63) is 35.8 Å². The summed E-state index contributed by atoms with van der Waals surface area (Å²) in [5.41, 5.74) is 3.71. The number of anilines is 1. The Balaban J connectivity index is 1.41. The monoisotopic (exact) mass is 327 g/mol. The highest BCUT2D eigenvalue weighted by molar-refractivity contribution is 7.14. The molecule has 2 aromatic rings. The van der Waals surface area contributed by atoms with E-state index in [1.807, 2.05) is 30.3 Å². The van der Waals surface area contributed by atoms with Crippen molar-refractivity contribution in [1.29, 1.82) is 0 Å². The molecule has 2 bridgehead atoms. The Hall–Kier alpha value is -1.72. The zero-order chi connectivity index (χ0) is 15.6. The van der Waals surface area contributed by atoms with E-state index in [0.717, 1.165) is 29.1 Å². The summed E-state index contributed by atoms with van der Waals surface area (Å²) < 4.78 is 0. The maximum Gasteiger partial charge on any atom is 0.225 e. The summed E-state index contributed by atoms with van der Waals surface area (Å²) in [5, 5.41) is 7.57. The van der Waals surface area contributed by atoms with E-state index in [0.29, 0.717) is 24.4 Å². The van der Waals surface area contributed by atoms with Crippen LogP contribution in [0.4, 0.5) is 5.00 Å². The van der Waals surface area contributed by atoms with Gasteiger partial charge in [-0.2, -0.15) is 0 Å². The lowest BCUT2D eigenvalue weighted by Crippen LogP contribution is -2.39. The maximum absolute atomic E-state index is 12.4. The molecule has 2 fully saturated rings. The minimum absolute atomic E-state index is 0.123. The van der Waals surface area contributed by atoms with Gasteiger partial charge in [-0.1, -0.05) is 30.3 Å². The minimum atomic E-state index is 0.123. The van der Waals surface area contributed by atoms with Gasteiger partial charge in [0.1, 0.15) is 10.7 Å². The highest BCUT2D eigenvalue weighted by atomic mass is 32.1. The molecule has 1 aromatic heterocycles. The second-order valence-electron chi connectivity index (χ2n) is 6.62. The van der Waals surface area contributed by atoms with Crippen molar-refractivity contribution in [3.8, 4) is 11.3 Å². The SMILES string of the molecule is O=C(CC1CC2CCC(C1)N2)Nc1scnc1-c1ccccc1. The first-order valence-electron chi connectivity index (χ1n) is 8.33. The molecule has 2 unspecified atom stereocenters. The van der Waals surface area contributed by atoms with Gasteiger partial charge in [0.2, 0.25) is 5.91 Å². The Bertz CT molecular complexity index is 673. The van der Waals surface area contributed by atoms with Crippen LogP contribution in [0.3, 0.4) is 0 Å². The largest absolute Gasteiger partial charge is 0.316 e. The molecule has 2 atom stereocenters. The highest BCUT2D eigenvalue weighted by Gasteiger charge is 2.34. The average molecular weight is 327 g/mol. The number of fused-ring (bicyclic) bond motifs is 2. The third kappa shape index (κ3) is 3.31. The van der Waals surface area contributed by atoms with Crippen LogP contribution in [0.1, 0.15) is 32.1 Å². The molecule has 2 aliphatic heterocycles. The van der Waals surface area contributed by atoms with E-state index in [2.05, 4.69) is 15.6 Å². The lowest BCUT2D eigenvalue weighted by atomic mass is 9.89. The Morgan fingerprint density at radius 3 is 2.70 bits per heavy atom. The quantitative estimate of drug-likeness (QED) is 0.901. The third-order valence-corrected chi connectivity index (χ3v) is 5.65. The van der Waals surface area contributed by atoms with Crippen LogP contribution in [0, 0.1) is 5.92 Å². The van der Waals surface area contributed by atoms with Crippen molar-refractivity contribution in [1.82, 2.24) is 10.3 Å². The van der Waals surface area contributed by atoms with Crippen LogP contribution < -0.4 is 10.6 Å². The Kier molecular flexibility index (Phi) is 4.14. The number of nitrogens with zero attached hydrogens (tertiary/aromatic N) is 1. The van der Waals surface area contributed by atoms with Crippen LogP contribution >= 0.6 is 11.3 Å². The predicted octanol–water partition coefficient (Wildman–Crippen LogP) is 3.67. The normalized spacial score (nSPS) is 26.2. The van der Waals surface area contributed by atoms with Crippen molar-refractivity contribution in [2.45, 2.75) is 44.2 Å². The van der Waals surface area contributed by atoms with Gasteiger partial charge in [0.25, 0.3) is 0 Å². The van der Waals surface area contributed by atoms with Crippen LogP contribution in [0.5, 0.6) is 0 Å². The summed E-state index contributed by atoms with van der Waals surface area (Å²) in [4.78, 5) is 16.9. The molecular weight excluding hydrogens is 306 g/mol. The number of nitrogens with one attached hydrogen (secondary N) is 2.